The second kappa shape index (κ2) is 5.88. The third kappa shape index (κ3) is 3.91. The van der Waals surface area contributed by atoms with E-state index < -0.39 is 0 Å². The molecule has 2 aromatic rings. The van der Waals surface area contributed by atoms with Crippen LogP contribution in [-0.4, -0.2) is 23.3 Å². The van der Waals surface area contributed by atoms with Gasteiger partial charge in [-0.05, 0) is 17.5 Å². The lowest BCUT2D eigenvalue weighted by atomic mass is 9.93. The Kier molecular flexibility index (Phi) is 4.42. The van der Waals surface area contributed by atoms with Gasteiger partial charge in [0.25, 0.3) is 0 Å². The fraction of sp³-hybridized carbons (Fsp3) is 0.533. The van der Waals surface area contributed by atoms with Crippen LogP contribution in [0.15, 0.2) is 18.2 Å². The van der Waals surface area contributed by atoms with Crippen molar-refractivity contribution in [2.45, 2.75) is 33.6 Å². The molecule has 104 valence electrons. The van der Waals surface area contributed by atoms with Crippen LogP contribution in [-0.2, 0) is 6.42 Å². The van der Waals surface area contributed by atoms with Crippen LogP contribution >= 0.6 is 11.3 Å². The maximum Gasteiger partial charge on any atom is 0.146 e. The number of thiazole rings is 1. The lowest BCUT2D eigenvalue weighted by molar-refractivity contribution is 0.234. The molecule has 1 aromatic heterocycles. The molecule has 1 N–H and O–H groups in total. The normalized spacial score (nSPS) is 12.0. The van der Waals surface area contributed by atoms with Crippen LogP contribution in [0.5, 0.6) is 5.75 Å². The van der Waals surface area contributed by atoms with Crippen LogP contribution in [0, 0.1) is 5.41 Å². The van der Waals surface area contributed by atoms with Crippen LogP contribution in [0.2, 0.25) is 0 Å². The predicted molar refractivity (Wildman–Crippen MR) is 80.0 cm³/mol. The van der Waals surface area contributed by atoms with Gasteiger partial charge in [0.2, 0.25) is 0 Å². The largest absolute Gasteiger partial charge is 0.491 e. The molecule has 4 heteroatoms. The van der Waals surface area contributed by atoms with E-state index in [2.05, 4.69) is 26.8 Å². The molecule has 19 heavy (non-hydrogen) atoms. The van der Waals surface area contributed by atoms with Gasteiger partial charge in [-0.2, -0.15) is 0 Å². The van der Waals surface area contributed by atoms with Crippen molar-refractivity contribution in [1.82, 2.24) is 4.98 Å². The fourth-order valence-corrected chi connectivity index (χ4v) is 3.15. The average molecular weight is 279 g/mol. The number of aliphatic hydroxyl groups is 1. The molecule has 0 bridgehead atoms. The van der Waals surface area contributed by atoms with E-state index in [1.54, 1.807) is 11.3 Å². The Morgan fingerprint density at radius 3 is 2.79 bits per heavy atom. The van der Waals surface area contributed by atoms with Crippen LogP contribution in [0.1, 0.15) is 32.2 Å². The maximum absolute atomic E-state index is 8.80. The molecule has 0 amide bonds. The van der Waals surface area contributed by atoms with Gasteiger partial charge in [-0.15, -0.1) is 11.3 Å². The minimum Gasteiger partial charge on any atom is -0.491 e. The van der Waals surface area contributed by atoms with Crippen molar-refractivity contribution < 1.29 is 9.84 Å². The number of aromatic nitrogens is 1. The Morgan fingerprint density at radius 2 is 2.11 bits per heavy atom. The third-order valence-corrected chi connectivity index (χ3v) is 3.69. The summed E-state index contributed by atoms with van der Waals surface area (Å²) >= 11 is 1.74. The second-order valence-electron chi connectivity index (χ2n) is 5.87. The van der Waals surface area contributed by atoms with E-state index in [4.69, 9.17) is 14.8 Å². The number of hydrogen-bond acceptors (Lipinski definition) is 4. The van der Waals surface area contributed by atoms with Gasteiger partial charge in [0.15, 0.2) is 0 Å². The number of ether oxygens (including phenoxy) is 1. The van der Waals surface area contributed by atoms with E-state index in [1.807, 2.05) is 12.1 Å². The molecule has 3 nitrogen and oxygen atoms in total. The van der Waals surface area contributed by atoms with E-state index in [0.29, 0.717) is 13.0 Å². The highest BCUT2D eigenvalue weighted by atomic mass is 32.1. The summed E-state index contributed by atoms with van der Waals surface area (Å²) in [4.78, 5) is 4.71. The molecule has 0 aliphatic rings. The number of benzene rings is 1. The number of para-hydroxylation sites is 1. The Labute approximate surface area is 118 Å². The number of fused-ring (bicyclic) bond motifs is 1. The summed E-state index contributed by atoms with van der Waals surface area (Å²) in [5.41, 5.74) is 1.19. The van der Waals surface area contributed by atoms with Crippen molar-refractivity contribution >= 4 is 21.6 Å². The smallest absolute Gasteiger partial charge is 0.146 e. The topological polar surface area (TPSA) is 42.4 Å². The van der Waals surface area contributed by atoms with Crippen molar-refractivity contribution in [1.29, 1.82) is 0 Å². The lowest BCUT2D eigenvalue weighted by Crippen LogP contribution is -2.08. The highest BCUT2D eigenvalue weighted by molar-refractivity contribution is 7.18. The van der Waals surface area contributed by atoms with Crippen LogP contribution in [0.4, 0.5) is 0 Å². The van der Waals surface area contributed by atoms with Gasteiger partial charge in [-0.1, -0.05) is 26.8 Å². The standard InChI is InChI=1S/C15H21NO2S/c1-15(2,3)10-13-16-14-11(18-9-5-8-17)6-4-7-12(14)19-13/h4,6-7,17H,5,8-10H2,1-3H3. The molecule has 0 saturated carbocycles. The van der Waals surface area contributed by atoms with Crippen molar-refractivity contribution in [2.24, 2.45) is 5.41 Å². The van der Waals surface area contributed by atoms with Gasteiger partial charge in [0.05, 0.1) is 16.3 Å². The van der Waals surface area contributed by atoms with Crippen molar-refractivity contribution in [2.75, 3.05) is 13.2 Å². The molecule has 0 atom stereocenters. The van der Waals surface area contributed by atoms with E-state index in [-0.39, 0.29) is 12.0 Å². The minimum atomic E-state index is 0.155. The minimum absolute atomic E-state index is 0.155. The van der Waals surface area contributed by atoms with E-state index in [9.17, 15) is 0 Å². The maximum atomic E-state index is 8.80. The van der Waals surface area contributed by atoms with Crippen LogP contribution in [0.3, 0.4) is 0 Å². The van der Waals surface area contributed by atoms with Gasteiger partial charge >= 0.3 is 0 Å². The van der Waals surface area contributed by atoms with Crippen LogP contribution < -0.4 is 4.74 Å². The average Bonchev–Trinajstić information content (AvgIpc) is 2.69. The van der Waals surface area contributed by atoms with Gasteiger partial charge in [-0.25, -0.2) is 4.98 Å². The monoisotopic (exact) mass is 279 g/mol. The summed E-state index contributed by atoms with van der Waals surface area (Å²) in [7, 11) is 0. The third-order valence-electron chi connectivity index (χ3n) is 2.67. The molecule has 0 aliphatic carbocycles. The first kappa shape index (κ1) is 14.3. The second-order valence-corrected chi connectivity index (χ2v) is 6.99. The van der Waals surface area contributed by atoms with Gasteiger partial charge in [-0.3, -0.25) is 0 Å². The zero-order valence-corrected chi connectivity index (χ0v) is 12.6. The molecule has 0 fully saturated rings. The molecular weight excluding hydrogens is 258 g/mol. The molecule has 0 aliphatic heterocycles. The highest BCUT2D eigenvalue weighted by Crippen LogP contribution is 2.32. The number of rotatable bonds is 5. The van der Waals surface area contributed by atoms with Crippen molar-refractivity contribution in [3.05, 3.63) is 23.2 Å². The Hall–Kier alpha value is -1.13. The molecular formula is C15H21NO2S. The molecule has 0 spiro atoms. The zero-order valence-electron chi connectivity index (χ0n) is 11.8. The Morgan fingerprint density at radius 1 is 1.32 bits per heavy atom. The summed E-state index contributed by atoms with van der Waals surface area (Å²) in [5.74, 6) is 0.822. The first-order chi connectivity index (χ1) is 8.99. The first-order valence-corrected chi connectivity index (χ1v) is 7.43. The summed E-state index contributed by atoms with van der Waals surface area (Å²) in [6.45, 7) is 7.34. The summed E-state index contributed by atoms with van der Waals surface area (Å²) in [6.07, 6.45) is 1.62. The number of hydrogen-bond donors (Lipinski definition) is 1. The van der Waals surface area contributed by atoms with Crippen molar-refractivity contribution in [3.63, 3.8) is 0 Å². The Bertz CT molecular complexity index is 543. The zero-order chi connectivity index (χ0) is 13.9. The van der Waals surface area contributed by atoms with Crippen LogP contribution in [0.25, 0.3) is 10.2 Å². The van der Waals surface area contributed by atoms with Gasteiger partial charge in [0, 0.05) is 19.4 Å². The van der Waals surface area contributed by atoms with Gasteiger partial charge in [0.1, 0.15) is 11.3 Å². The molecule has 0 radical (unpaired) electrons. The molecule has 0 saturated heterocycles. The van der Waals surface area contributed by atoms with E-state index >= 15 is 0 Å². The first-order valence-electron chi connectivity index (χ1n) is 6.62. The van der Waals surface area contributed by atoms with E-state index in [1.165, 1.54) is 4.70 Å². The fourth-order valence-electron chi connectivity index (χ4n) is 1.86. The predicted octanol–water partition coefficient (Wildman–Crippen LogP) is 3.65. The molecule has 2 rings (SSSR count). The highest BCUT2D eigenvalue weighted by Gasteiger charge is 2.16. The quantitative estimate of drug-likeness (QED) is 0.850. The summed E-state index contributed by atoms with van der Waals surface area (Å²) in [5, 5.41) is 9.95. The van der Waals surface area contributed by atoms with Gasteiger partial charge < -0.3 is 9.84 Å². The van der Waals surface area contributed by atoms with E-state index in [0.717, 1.165) is 22.7 Å². The molecule has 1 heterocycles. The number of aliphatic hydroxyl groups excluding tert-OH is 1. The summed E-state index contributed by atoms with van der Waals surface area (Å²) in [6, 6.07) is 6.02. The molecule has 1 aromatic carbocycles. The Balaban J connectivity index is 2.23. The summed E-state index contributed by atoms with van der Waals surface area (Å²) < 4.78 is 6.85. The van der Waals surface area contributed by atoms with Crippen molar-refractivity contribution in [3.8, 4) is 5.75 Å². The number of nitrogens with zero attached hydrogens (tertiary/aromatic N) is 1. The molecule has 0 unspecified atom stereocenters. The SMILES string of the molecule is CC(C)(C)Cc1nc2c(OCCCO)cccc2s1. The lowest BCUT2D eigenvalue weighted by Gasteiger charge is -2.15.